The van der Waals surface area contributed by atoms with Crippen LogP contribution in [0.5, 0.6) is 0 Å². The molecule has 2 aromatic rings. The Bertz CT molecular complexity index is 875. The van der Waals surface area contributed by atoms with Gasteiger partial charge in [-0.3, -0.25) is 0 Å². The summed E-state index contributed by atoms with van der Waals surface area (Å²) < 4.78 is 1.51. The van der Waals surface area contributed by atoms with Crippen molar-refractivity contribution in [1.82, 2.24) is 0 Å². The van der Waals surface area contributed by atoms with Gasteiger partial charge in [-0.1, -0.05) is 42.5 Å². The van der Waals surface area contributed by atoms with Crippen LogP contribution in [0.2, 0.25) is 0 Å². The molecule has 0 amide bonds. The van der Waals surface area contributed by atoms with E-state index in [2.05, 4.69) is 71.1 Å². The molecule has 0 bridgehead atoms. The van der Waals surface area contributed by atoms with E-state index in [4.69, 9.17) is 0 Å². The first-order valence-electron chi connectivity index (χ1n) is 7.64. The van der Waals surface area contributed by atoms with Gasteiger partial charge >= 0.3 is 0 Å². The molecule has 0 aromatic heterocycles. The third kappa shape index (κ3) is 1.61. The summed E-state index contributed by atoms with van der Waals surface area (Å²) in [6.07, 6.45) is 8.47. The van der Waals surface area contributed by atoms with Gasteiger partial charge in [0.25, 0.3) is 0 Å². The van der Waals surface area contributed by atoms with Crippen LogP contribution in [-0.4, -0.2) is 0 Å². The van der Waals surface area contributed by atoms with Gasteiger partial charge in [0.05, 0.1) is 0 Å². The van der Waals surface area contributed by atoms with Crippen LogP contribution < -0.4 is 0 Å². The normalized spacial score (nSPS) is 22.8. The van der Waals surface area contributed by atoms with Gasteiger partial charge in [-0.25, -0.2) is 0 Å². The second-order valence-corrected chi connectivity index (χ2v) is 7.58. The van der Waals surface area contributed by atoms with E-state index in [1.165, 1.54) is 50.3 Å². The summed E-state index contributed by atoms with van der Waals surface area (Å²) in [5, 5.41) is 2.88. The first-order chi connectivity index (χ1) is 10.3. The molecule has 0 heterocycles. The third-order valence-electron chi connectivity index (χ3n) is 5.08. The number of fused-ring (bicyclic) bond motifs is 2. The fraction of sp³-hybridized carbons (Fsp3) is 0.200. The molecule has 3 aliphatic carbocycles. The average Bonchev–Trinajstić information content (AvgIpc) is 2.51. The molecule has 1 unspecified atom stereocenters. The van der Waals surface area contributed by atoms with Crippen molar-refractivity contribution in [2.45, 2.75) is 25.2 Å². The summed E-state index contributed by atoms with van der Waals surface area (Å²) in [6, 6.07) is 13.6. The highest BCUT2D eigenvalue weighted by atomic mass is 127. The van der Waals surface area contributed by atoms with Crippen molar-refractivity contribution in [3.63, 3.8) is 0 Å². The van der Waals surface area contributed by atoms with Crippen molar-refractivity contribution in [1.29, 1.82) is 0 Å². The monoisotopic (exact) mass is 382 g/mol. The molecule has 0 saturated carbocycles. The quantitative estimate of drug-likeness (QED) is 0.481. The van der Waals surface area contributed by atoms with E-state index < -0.39 is 0 Å². The molecule has 5 rings (SSSR count). The molecule has 1 heteroatoms. The molecular weight excluding hydrogens is 367 g/mol. The van der Waals surface area contributed by atoms with Crippen molar-refractivity contribution in [2.24, 2.45) is 0 Å². The Morgan fingerprint density at radius 1 is 1.05 bits per heavy atom. The maximum atomic E-state index is 2.53. The Kier molecular flexibility index (Phi) is 2.52. The van der Waals surface area contributed by atoms with Crippen LogP contribution in [0.1, 0.15) is 36.3 Å². The zero-order chi connectivity index (χ0) is 14.0. The minimum Gasteiger partial charge on any atom is -0.0760 e. The summed E-state index contributed by atoms with van der Waals surface area (Å²) in [4.78, 5) is 0. The molecular formula is C20H15I. The van der Waals surface area contributed by atoms with Gasteiger partial charge in [0.2, 0.25) is 0 Å². The number of rotatable bonds is 0. The molecule has 0 N–H and O–H groups in total. The number of halogens is 1. The van der Waals surface area contributed by atoms with Gasteiger partial charge in [0, 0.05) is 5.92 Å². The molecule has 3 aliphatic rings. The molecule has 2 aromatic carbocycles. The fourth-order valence-electron chi connectivity index (χ4n) is 4.30. The van der Waals surface area contributed by atoms with Crippen LogP contribution in [0.4, 0.5) is 0 Å². The topological polar surface area (TPSA) is 0 Å². The number of allylic oxidation sites excluding steroid dienone is 6. The Morgan fingerprint density at radius 3 is 2.81 bits per heavy atom. The summed E-state index contributed by atoms with van der Waals surface area (Å²) in [5.41, 5.74) is 7.71. The van der Waals surface area contributed by atoms with Crippen LogP contribution in [-0.2, 0) is 0 Å². The second kappa shape index (κ2) is 4.33. The smallest absolute Gasteiger partial charge is 0.0149 e. The molecule has 0 radical (unpaired) electrons. The molecule has 1 atom stereocenters. The van der Waals surface area contributed by atoms with E-state index in [1.54, 1.807) is 11.1 Å². The van der Waals surface area contributed by atoms with E-state index >= 15 is 0 Å². The molecule has 0 nitrogen and oxygen atoms in total. The van der Waals surface area contributed by atoms with Crippen LogP contribution >= 0.6 is 22.6 Å². The van der Waals surface area contributed by atoms with Crippen LogP contribution in [0.25, 0.3) is 16.3 Å². The van der Waals surface area contributed by atoms with Gasteiger partial charge in [0.1, 0.15) is 0 Å². The largest absolute Gasteiger partial charge is 0.0760 e. The molecule has 102 valence electrons. The highest BCUT2D eigenvalue weighted by Crippen LogP contribution is 2.54. The van der Waals surface area contributed by atoms with Crippen LogP contribution in [0, 0.1) is 0 Å². The summed E-state index contributed by atoms with van der Waals surface area (Å²) in [6.45, 7) is 0. The van der Waals surface area contributed by atoms with Crippen molar-refractivity contribution < 1.29 is 0 Å². The SMILES string of the molecule is IC1=CC2=C3C(=CCC2)c2cccc4cccc(c24)C3C1. The maximum Gasteiger partial charge on any atom is 0.0149 e. The lowest BCUT2D eigenvalue weighted by atomic mass is 9.68. The highest BCUT2D eigenvalue weighted by Gasteiger charge is 2.34. The molecule has 0 saturated heterocycles. The van der Waals surface area contributed by atoms with Gasteiger partial charge in [-0.2, -0.15) is 0 Å². The first kappa shape index (κ1) is 12.2. The van der Waals surface area contributed by atoms with E-state index in [0.717, 1.165) is 0 Å². The standard InChI is InChI=1S/C20H15I/c21-14-10-13-6-3-8-16-15-7-1-4-12-5-2-9-17(19(12)15)18(11-14)20(13)16/h1-2,4-5,7-10,18H,3,6,11H2. The molecule has 0 spiro atoms. The van der Waals surface area contributed by atoms with Gasteiger partial charge in [0.15, 0.2) is 0 Å². The summed E-state index contributed by atoms with van der Waals surface area (Å²) in [5.74, 6) is 0.571. The minimum atomic E-state index is 0.571. The zero-order valence-electron chi connectivity index (χ0n) is 11.7. The van der Waals surface area contributed by atoms with Gasteiger partial charge in [-0.15, -0.1) is 0 Å². The zero-order valence-corrected chi connectivity index (χ0v) is 13.9. The Balaban J connectivity index is 1.95. The molecule has 0 fully saturated rings. The van der Waals surface area contributed by atoms with Crippen LogP contribution in [0.3, 0.4) is 0 Å². The lowest BCUT2D eigenvalue weighted by molar-refractivity contribution is 0.780. The Hall–Kier alpha value is -1.35. The predicted molar refractivity (Wildman–Crippen MR) is 97.6 cm³/mol. The van der Waals surface area contributed by atoms with Crippen molar-refractivity contribution in [3.05, 3.63) is 74.4 Å². The Labute approximate surface area is 138 Å². The van der Waals surface area contributed by atoms with Gasteiger partial charge < -0.3 is 0 Å². The summed E-state index contributed by atoms with van der Waals surface area (Å²) in [7, 11) is 0. The van der Waals surface area contributed by atoms with Crippen molar-refractivity contribution >= 4 is 38.9 Å². The first-order valence-corrected chi connectivity index (χ1v) is 8.72. The number of benzene rings is 2. The maximum absolute atomic E-state index is 2.53. The molecule has 0 aliphatic heterocycles. The third-order valence-corrected chi connectivity index (χ3v) is 5.83. The van der Waals surface area contributed by atoms with Crippen molar-refractivity contribution in [3.8, 4) is 0 Å². The number of hydrogen-bond acceptors (Lipinski definition) is 0. The fourth-order valence-corrected chi connectivity index (χ4v) is 5.12. The van der Waals surface area contributed by atoms with E-state index in [9.17, 15) is 0 Å². The van der Waals surface area contributed by atoms with Gasteiger partial charge in [-0.05, 0) is 90.1 Å². The lowest BCUT2D eigenvalue weighted by Crippen LogP contribution is -2.18. The van der Waals surface area contributed by atoms with Crippen LogP contribution in [0.15, 0.2) is 63.3 Å². The Morgan fingerprint density at radius 2 is 1.90 bits per heavy atom. The van der Waals surface area contributed by atoms with Crippen molar-refractivity contribution in [2.75, 3.05) is 0 Å². The molecule has 21 heavy (non-hydrogen) atoms. The second-order valence-electron chi connectivity index (χ2n) is 6.19. The highest BCUT2D eigenvalue weighted by molar-refractivity contribution is 14.1. The predicted octanol–water partition coefficient (Wildman–Crippen LogP) is 6.13. The van der Waals surface area contributed by atoms with E-state index in [1.807, 2.05) is 0 Å². The van der Waals surface area contributed by atoms with E-state index in [-0.39, 0.29) is 0 Å². The number of hydrogen-bond donors (Lipinski definition) is 0. The average molecular weight is 382 g/mol. The lowest BCUT2D eigenvalue weighted by Gasteiger charge is -2.37. The van der Waals surface area contributed by atoms with E-state index in [0.29, 0.717) is 5.92 Å². The summed E-state index contributed by atoms with van der Waals surface area (Å²) >= 11 is 2.53. The minimum absolute atomic E-state index is 0.571.